The van der Waals surface area contributed by atoms with Crippen molar-refractivity contribution < 1.29 is 19.1 Å². The van der Waals surface area contributed by atoms with E-state index in [9.17, 15) is 14.4 Å². The molecule has 0 radical (unpaired) electrons. The summed E-state index contributed by atoms with van der Waals surface area (Å²) in [5.74, 6) is -0.542. The summed E-state index contributed by atoms with van der Waals surface area (Å²) < 4.78 is 5.30. The number of para-hydroxylation sites is 1. The van der Waals surface area contributed by atoms with E-state index in [4.69, 9.17) is 16.3 Å². The van der Waals surface area contributed by atoms with Crippen LogP contribution in [0, 0.1) is 5.92 Å². The summed E-state index contributed by atoms with van der Waals surface area (Å²) >= 11 is 5.95. The molecule has 3 rings (SSSR count). The number of carbonyl (C=O) groups excluding carboxylic acids is 3. The van der Waals surface area contributed by atoms with E-state index in [-0.39, 0.29) is 18.4 Å². The molecule has 2 aromatic rings. The maximum atomic E-state index is 12.3. The molecule has 0 saturated heterocycles. The van der Waals surface area contributed by atoms with Crippen LogP contribution in [0.1, 0.15) is 42.5 Å². The standard InChI is InChI=1S/C22H24ClN3O4/c23-18-8-4-5-9-19(18)30-14-20(27)25-26-22(29)16-10-12-17(13-11-16)24-21(28)15-6-2-1-3-7-15/h4-5,8-13,15H,1-3,6-7,14H2,(H,24,28)(H,25,27)(H,26,29). The molecule has 1 fully saturated rings. The van der Waals surface area contributed by atoms with Crippen molar-refractivity contribution in [2.24, 2.45) is 5.92 Å². The Labute approximate surface area is 180 Å². The fourth-order valence-electron chi connectivity index (χ4n) is 3.25. The molecule has 1 saturated carbocycles. The summed E-state index contributed by atoms with van der Waals surface area (Å²) in [6.45, 7) is -0.295. The van der Waals surface area contributed by atoms with E-state index in [0.717, 1.165) is 25.7 Å². The minimum atomic E-state index is -0.528. The van der Waals surface area contributed by atoms with E-state index in [1.807, 2.05) is 0 Å². The predicted molar refractivity (Wildman–Crippen MR) is 114 cm³/mol. The molecular formula is C22H24ClN3O4. The maximum Gasteiger partial charge on any atom is 0.276 e. The van der Waals surface area contributed by atoms with Gasteiger partial charge in [0.15, 0.2) is 6.61 Å². The fraction of sp³-hybridized carbons (Fsp3) is 0.318. The lowest BCUT2D eigenvalue weighted by Crippen LogP contribution is -2.43. The molecule has 30 heavy (non-hydrogen) atoms. The molecule has 3 N–H and O–H groups in total. The zero-order valence-electron chi connectivity index (χ0n) is 16.4. The number of halogens is 1. The van der Waals surface area contributed by atoms with Gasteiger partial charge < -0.3 is 10.1 Å². The van der Waals surface area contributed by atoms with Gasteiger partial charge in [-0.15, -0.1) is 0 Å². The zero-order valence-corrected chi connectivity index (χ0v) is 17.2. The number of hydrazine groups is 1. The second-order valence-corrected chi connectivity index (χ2v) is 7.53. The summed E-state index contributed by atoms with van der Waals surface area (Å²) in [6, 6.07) is 13.3. The van der Waals surface area contributed by atoms with Crippen LogP contribution in [0.3, 0.4) is 0 Å². The molecule has 0 heterocycles. The highest BCUT2D eigenvalue weighted by molar-refractivity contribution is 6.32. The van der Waals surface area contributed by atoms with E-state index in [0.29, 0.717) is 22.0 Å². The van der Waals surface area contributed by atoms with Crippen LogP contribution in [0.15, 0.2) is 48.5 Å². The summed E-state index contributed by atoms with van der Waals surface area (Å²) in [4.78, 5) is 36.3. The van der Waals surface area contributed by atoms with Crippen LogP contribution in [0.4, 0.5) is 5.69 Å². The average molecular weight is 430 g/mol. The third kappa shape index (κ3) is 6.22. The van der Waals surface area contributed by atoms with Gasteiger partial charge in [0.25, 0.3) is 11.8 Å². The lowest BCUT2D eigenvalue weighted by atomic mass is 9.88. The van der Waals surface area contributed by atoms with Gasteiger partial charge in [0.1, 0.15) is 5.75 Å². The molecule has 0 unspecified atom stereocenters. The van der Waals surface area contributed by atoms with Gasteiger partial charge in [0.2, 0.25) is 5.91 Å². The molecule has 8 heteroatoms. The Balaban J connectivity index is 1.43. The molecule has 158 valence electrons. The Morgan fingerprint density at radius 3 is 2.33 bits per heavy atom. The van der Waals surface area contributed by atoms with Crippen molar-refractivity contribution in [1.82, 2.24) is 10.9 Å². The molecule has 1 aliphatic carbocycles. The van der Waals surface area contributed by atoms with Crippen molar-refractivity contribution in [1.29, 1.82) is 0 Å². The molecule has 0 aliphatic heterocycles. The number of rotatable bonds is 6. The Bertz CT molecular complexity index is 896. The number of amides is 3. The second-order valence-electron chi connectivity index (χ2n) is 7.12. The minimum absolute atomic E-state index is 0.0256. The van der Waals surface area contributed by atoms with Crippen molar-refractivity contribution in [2.75, 3.05) is 11.9 Å². The molecule has 0 spiro atoms. The Kier molecular flexibility index (Phi) is 7.68. The summed E-state index contributed by atoms with van der Waals surface area (Å²) in [5.41, 5.74) is 5.59. The SMILES string of the molecule is O=C(COc1ccccc1Cl)NNC(=O)c1ccc(NC(=O)C2CCCCC2)cc1. The monoisotopic (exact) mass is 429 g/mol. The zero-order chi connectivity index (χ0) is 21.3. The van der Waals surface area contributed by atoms with Crippen LogP contribution in [-0.2, 0) is 9.59 Å². The number of ether oxygens (including phenoxy) is 1. The number of carbonyl (C=O) groups is 3. The first-order chi connectivity index (χ1) is 14.5. The molecule has 2 aromatic carbocycles. The summed E-state index contributed by atoms with van der Waals surface area (Å²) in [7, 11) is 0. The smallest absolute Gasteiger partial charge is 0.276 e. The van der Waals surface area contributed by atoms with Crippen LogP contribution in [0.25, 0.3) is 0 Å². The van der Waals surface area contributed by atoms with Crippen LogP contribution < -0.4 is 20.9 Å². The molecule has 1 aliphatic rings. The highest BCUT2D eigenvalue weighted by Gasteiger charge is 2.21. The molecule has 0 bridgehead atoms. The lowest BCUT2D eigenvalue weighted by molar-refractivity contribution is -0.124. The maximum absolute atomic E-state index is 12.3. The van der Waals surface area contributed by atoms with Crippen LogP contribution in [0.5, 0.6) is 5.75 Å². The van der Waals surface area contributed by atoms with Gasteiger partial charge >= 0.3 is 0 Å². The van der Waals surface area contributed by atoms with Crippen molar-refractivity contribution >= 4 is 35.0 Å². The van der Waals surface area contributed by atoms with Crippen molar-refractivity contribution in [2.45, 2.75) is 32.1 Å². The van der Waals surface area contributed by atoms with Crippen LogP contribution in [-0.4, -0.2) is 24.3 Å². The normalized spacial score (nSPS) is 13.9. The Morgan fingerprint density at radius 2 is 1.63 bits per heavy atom. The van der Waals surface area contributed by atoms with E-state index < -0.39 is 11.8 Å². The average Bonchev–Trinajstić information content (AvgIpc) is 2.78. The summed E-state index contributed by atoms with van der Waals surface area (Å²) in [5, 5.41) is 3.29. The fourth-order valence-corrected chi connectivity index (χ4v) is 3.44. The first-order valence-electron chi connectivity index (χ1n) is 9.90. The highest BCUT2D eigenvalue weighted by atomic mass is 35.5. The van der Waals surface area contributed by atoms with Crippen LogP contribution in [0.2, 0.25) is 5.02 Å². The number of hydrogen-bond donors (Lipinski definition) is 3. The predicted octanol–water partition coefficient (Wildman–Crippen LogP) is 3.70. The Morgan fingerprint density at radius 1 is 0.933 bits per heavy atom. The highest BCUT2D eigenvalue weighted by Crippen LogP contribution is 2.25. The number of benzene rings is 2. The van der Waals surface area contributed by atoms with Crippen molar-refractivity contribution in [3.8, 4) is 5.75 Å². The molecule has 3 amide bonds. The summed E-state index contributed by atoms with van der Waals surface area (Å²) in [6.07, 6.45) is 5.22. The second kappa shape index (κ2) is 10.6. The minimum Gasteiger partial charge on any atom is -0.482 e. The van der Waals surface area contributed by atoms with Crippen molar-refractivity contribution in [3.63, 3.8) is 0 Å². The van der Waals surface area contributed by atoms with Gasteiger partial charge in [0, 0.05) is 17.2 Å². The van der Waals surface area contributed by atoms with E-state index in [1.165, 1.54) is 6.42 Å². The molecular weight excluding hydrogens is 406 g/mol. The van der Waals surface area contributed by atoms with Crippen LogP contribution >= 0.6 is 11.6 Å². The van der Waals surface area contributed by atoms with E-state index in [1.54, 1.807) is 48.5 Å². The van der Waals surface area contributed by atoms with E-state index >= 15 is 0 Å². The van der Waals surface area contributed by atoms with E-state index in [2.05, 4.69) is 16.2 Å². The molecule has 7 nitrogen and oxygen atoms in total. The Hall–Kier alpha value is -3.06. The third-order valence-electron chi connectivity index (χ3n) is 4.90. The molecule has 0 atom stereocenters. The number of nitrogens with one attached hydrogen (secondary N) is 3. The topological polar surface area (TPSA) is 96.5 Å². The third-order valence-corrected chi connectivity index (χ3v) is 5.21. The largest absolute Gasteiger partial charge is 0.482 e. The van der Waals surface area contributed by atoms with Gasteiger partial charge in [-0.2, -0.15) is 0 Å². The van der Waals surface area contributed by atoms with Crippen molar-refractivity contribution in [3.05, 3.63) is 59.1 Å². The first-order valence-corrected chi connectivity index (χ1v) is 10.3. The van der Waals surface area contributed by atoms with Gasteiger partial charge in [-0.05, 0) is 49.2 Å². The number of anilines is 1. The van der Waals surface area contributed by atoms with Gasteiger partial charge in [-0.3, -0.25) is 25.2 Å². The quantitative estimate of drug-likeness (QED) is 0.610. The number of hydrogen-bond acceptors (Lipinski definition) is 4. The van der Waals surface area contributed by atoms with Gasteiger partial charge in [-0.25, -0.2) is 0 Å². The lowest BCUT2D eigenvalue weighted by Gasteiger charge is -2.20. The van der Waals surface area contributed by atoms with Gasteiger partial charge in [-0.1, -0.05) is 43.0 Å². The molecule has 0 aromatic heterocycles. The van der Waals surface area contributed by atoms with Gasteiger partial charge in [0.05, 0.1) is 5.02 Å². The first kappa shape index (κ1) is 21.6.